The third-order valence-electron chi connectivity index (χ3n) is 4.06. The number of benzene rings is 1. The number of carbonyl (C=O) groups is 1. The largest absolute Gasteiger partial charge is 0.503 e. The van der Waals surface area contributed by atoms with Gasteiger partial charge in [0.25, 0.3) is 11.5 Å². The second kappa shape index (κ2) is 10.6. The lowest BCUT2D eigenvalue weighted by molar-refractivity contribution is -0.121. The van der Waals surface area contributed by atoms with E-state index in [2.05, 4.69) is 26.5 Å². The van der Waals surface area contributed by atoms with Crippen LogP contribution in [-0.2, 0) is 22.7 Å². The van der Waals surface area contributed by atoms with E-state index >= 15 is 0 Å². The molecule has 1 aromatic heterocycles. The van der Waals surface area contributed by atoms with Crippen LogP contribution in [0, 0.1) is 18.3 Å². The summed E-state index contributed by atoms with van der Waals surface area (Å²) in [4.78, 5) is 24.8. The zero-order valence-electron chi connectivity index (χ0n) is 16.7. The van der Waals surface area contributed by atoms with Gasteiger partial charge in [0.1, 0.15) is 18.2 Å². The summed E-state index contributed by atoms with van der Waals surface area (Å²) in [5, 5.41) is 23.1. The standard InChI is InChI=1S/C20H21BrN4O5/c1-4-30-17-7-13(6-16(21)19(17)27)9-23-24-18(26)10-25-12(2)5-14(11-29-3)15(8-22)20(25)28/h5-7,9,27H,4,10-11H2,1-3H3,(H,24,26)/b23-9+. The van der Waals surface area contributed by atoms with Crippen molar-refractivity contribution in [2.24, 2.45) is 5.10 Å². The number of aryl methyl sites for hydroxylation is 1. The fourth-order valence-electron chi connectivity index (χ4n) is 2.71. The number of nitrogens with one attached hydrogen (secondary N) is 1. The van der Waals surface area contributed by atoms with Crippen LogP contribution in [0.25, 0.3) is 0 Å². The van der Waals surface area contributed by atoms with Gasteiger partial charge in [-0.15, -0.1) is 0 Å². The summed E-state index contributed by atoms with van der Waals surface area (Å²) in [7, 11) is 1.47. The Labute approximate surface area is 181 Å². The van der Waals surface area contributed by atoms with Gasteiger partial charge in [-0.1, -0.05) is 0 Å². The Bertz CT molecular complexity index is 1070. The molecule has 0 bridgehead atoms. The van der Waals surface area contributed by atoms with E-state index in [0.29, 0.717) is 27.9 Å². The van der Waals surface area contributed by atoms with E-state index in [1.165, 1.54) is 17.9 Å². The van der Waals surface area contributed by atoms with Crippen molar-refractivity contribution >= 4 is 28.1 Å². The number of amides is 1. The summed E-state index contributed by atoms with van der Waals surface area (Å²) in [6, 6.07) is 6.69. The number of carbonyl (C=O) groups excluding carboxylic acids is 1. The molecule has 1 amide bonds. The lowest BCUT2D eigenvalue weighted by atomic mass is 10.1. The lowest BCUT2D eigenvalue weighted by Crippen LogP contribution is -2.33. The normalized spacial score (nSPS) is 10.8. The van der Waals surface area contributed by atoms with Crippen LogP contribution < -0.4 is 15.7 Å². The SMILES string of the molecule is CCOc1cc(/C=N/NC(=O)Cn2c(C)cc(COC)c(C#N)c2=O)cc(Br)c1O. The first-order chi connectivity index (χ1) is 14.3. The van der Waals surface area contributed by atoms with E-state index in [4.69, 9.17) is 9.47 Å². The number of rotatable bonds is 8. The minimum atomic E-state index is -0.562. The number of methoxy groups -OCH3 is 1. The van der Waals surface area contributed by atoms with Crippen molar-refractivity contribution in [2.75, 3.05) is 13.7 Å². The highest BCUT2D eigenvalue weighted by molar-refractivity contribution is 9.10. The van der Waals surface area contributed by atoms with Crippen molar-refractivity contribution in [3.8, 4) is 17.6 Å². The minimum Gasteiger partial charge on any atom is -0.503 e. The van der Waals surface area contributed by atoms with Crippen molar-refractivity contribution in [1.29, 1.82) is 5.26 Å². The fourth-order valence-corrected chi connectivity index (χ4v) is 3.17. The second-order valence-electron chi connectivity index (χ2n) is 6.20. The van der Waals surface area contributed by atoms with Crippen LogP contribution in [0.15, 0.2) is 32.6 Å². The summed E-state index contributed by atoms with van der Waals surface area (Å²) in [6.07, 6.45) is 1.38. The van der Waals surface area contributed by atoms with Gasteiger partial charge in [-0.05, 0) is 53.5 Å². The quantitative estimate of drug-likeness (QED) is 0.444. The first kappa shape index (κ1) is 23.1. The maximum Gasteiger partial charge on any atom is 0.269 e. The Morgan fingerprint density at radius 3 is 2.80 bits per heavy atom. The van der Waals surface area contributed by atoms with Crippen LogP contribution in [-0.4, -0.2) is 35.5 Å². The first-order valence-electron chi connectivity index (χ1n) is 8.91. The molecular formula is C20H21BrN4O5. The molecule has 9 nitrogen and oxygen atoms in total. The number of halogens is 1. The van der Waals surface area contributed by atoms with Gasteiger partial charge >= 0.3 is 0 Å². The van der Waals surface area contributed by atoms with Crippen molar-refractivity contribution in [2.45, 2.75) is 27.0 Å². The summed E-state index contributed by atoms with van der Waals surface area (Å²) in [5.41, 5.74) is 3.29. The molecule has 2 aromatic rings. The molecule has 2 rings (SSSR count). The van der Waals surface area contributed by atoms with Crippen molar-refractivity contribution < 1.29 is 19.4 Å². The van der Waals surface area contributed by atoms with Crippen molar-refractivity contribution in [3.63, 3.8) is 0 Å². The van der Waals surface area contributed by atoms with Gasteiger partial charge in [-0.3, -0.25) is 9.59 Å². The topological polar surface area (TPSA) is 126 Å². The lowest BCUT2D eigenvalue weighted by Gasteiger charge is -2.12. The van der Waals surface area contributed by atoms with E-state index in [1.54, 1.807) is 32.0 Å². The second-order valence-corrected chi connectivity index (χ2v) is 7.05. The Morgan fingerprint density at radius 1 is 1.43 bits per heavy atom. The van der Waals surface area contributed by atoms with Crippen molar-refractivity contribution in [1.82, 2.24) is 9.99 Å². The van der Waals surface area contributed by atoms with Gasteiger partial charge in [0.05, 0.1) is 23.9 Å². The zero-order chi connectivity index (χ0) is 22.3. The van der Waals surface area contributed by atoms with Crippen LogP contribution in [0.2, 0.25) is 0 Å². The van der Waals surface area contributed by atoms with Gasteiger partial charge in [-0.25, -0.2) is 5.43 Å². The molecule has 0 aliphatic heterocycles. The number of aromatic nitrogens is 1. The highest BCUT2D eigenvalue weighted by atomic mass is 79.9. The van der Waals surface area contributed by atoms with Gasteiger partial charge in [-0.2, -0.15) is 10.4 Å². The van der Waals surface area contributed by atoms with E-state index < -0.39 is 11.5 Å². The van der Waals surface area contributed by atoms with E-state index in [-0.39, 0.29) is 30.2 Å². The Hall–Kier alpha value is -3.16. The van der Waals surface area contributed by atoms with Crippen LogP contribution in [0.3, 0.4) is 0 Å². The molecule has 10 heteroatoms. The molecule has 158 valence electrons. The Balaban J connectivity index is 2.16. The number of ether oxygens (including phenoxy) is 2. The number of nitriles is 1. The number of aromatic hydroxyl groups is 1. The molecule has 0 radical (unpaired) electrons. The number of nitrogens with zero attached hydrogens (tertiary/aromatic N) is 3. The molecule has 0 aliphatic rings. The summed E-state index contributed by atoms with van der Waals surface area (Å²) >= 11 is 3.23. The van der Waals surface area contributed by atoms with Crippen LogP contribution in [0.4, 0.5) is 0 Å². The molecule has 0 saturated heterocycles. The molecule has 0 unspecified atom stereocenters. The zero-order valence-corrected chi connectivity index (χ0v) is 18.3. The number of pyridine rings is 1. The number of phenolic OH excluding ortho intramolecular Hbond substituents is 1. The smallest absolute Gasteiger partial charge is 0.269 e. The molecule has 0 saturated carbocycles. The Kier molecular flexibility index (Phi) is 8.15. The van der Waals surface area contributed by atoms with Gasteiger partial charge < -0.3 is 19.1 Å². The molecule has 0 atom stereocenters. The maximum absolute atomic E-state index is 12.5. The molecule has 0 spiro atoms. The number of hydrazone groups is 1. The summed E-state index contributed by atoms with van der Waals surface area (Å²) < 4.78 is 12.0. The third kappa shape index (κ3) is 5.46. The average molecular weight is 477 g/mol. The highest BCUT2D eigenvalue weighted by Crippen LogP contribution is 2.35. The molecular weight excluding hydrogens is 456 g/mol. The predicted octanol–water partition coefficient (Wildman–Crippen LogP) is 2.19. The fraction of sp³-hybridized carbons (Fsp3) is 0.300. The number of hydrogen-bond acceptors (Lipinski definition) is 7. The molecule has 30 heavy (non-hydrogen) atoms. The highest BCUT2D eigenvalue weighted by Gasteiger charge is 2.15. The molecule has 1 aromatic carbocycles. The maximum atomic E-state index is 12.5. The molecule has 0 aliphatic carbocycles. The summed E-state index contributed by atoms with van der Waals surface area (Å²) in [5.74, 6) is -0.289. The minimum absolute atomic E-state index is 0.0295. The molecule has 0 fully saturated rings. The van der Waals surface area contributed by atoms with Crippen molar-refractivity contribution in [3.05, 3.63) is 55.4 Å². The monoisotopic (exact) mass is 476 g/mol. The first-order valence-corrected chi connectivity index (χ1v) is 9.71. The van der Waals surface area contributed by atoms with E-state index in [0.717, 1.165) is 0 Å². The van der Waals surface area contributed by atoms with Crippen LogP contribution in [0.1, 0.15) is 29.3 Å². The Morgan fingerprint density at radius 2 is 2.17 bits per heavy atom. The van der Waals surface area contributed by atoms with Gasteiger partial charge in [0.15, 0.2) is 11.5 Å². The number of hydrogen-bond donors (Lipinski definition) is 2. The predicted molar refractivity (Wildman–Crippen MR) is 114 cm³/mol. The summed E-state index contributed by atoms with van der Waals surface area (Å²) in [6.45, 7) is 3.66. The third-order valence-corrected chi connectivity index (χ3v) is 4.66. The van der Waals surface area contributed by atoms with Gasteiger partial charge in [0, 0.05) is 18.4 Å². The molecule has 2 N–H and O–H groups in total. The molecule has 1 heterocycles. The van der Waals surface area contributed by atoms with E-state index in [9.17, 15) is 20.0 Å². The van der Waals surface area contributed by atoms with Crippen LogP contribution in [0.5, 0.6) is 11.5 Å². The average Bonchev–Trinajstić information content (AvgIpc) is 2.69. The van der Waals surface area contributed by atoms with Crippen LogP contribution >= 0.6 is 15.9 Å². The van der Waals surface area contributed by atoms with Gasteiger partial charge in [0.2, 0.25) is 0 Å². The number of phenols is 1. The van der Waals surface area contributed by atoms with E-state index in [1.807, 2.05) is 6.07 Å².